The van der Waals surface area contributed by atoms with Gasteiger partial charge in [-0.1, -0.05) is 40.0 Å². The van der Waals surface area contributed by atoms with E-state index in [9.17, 15) is 14.4 Å². The normalized spacial score (nSPS) is 29.5. The SMILES string of the molecule is CCCCN1C(C)(C)CC(C(=O)OC2CCC(OC(=O)C3CC(C)(C)N(CCCC)C(C)(C)C3)C2OC(=O)C2CC(C)(C)N(CCCC)C(C)(C)C2)CC1(C)C. The maximum absolute atomic E-state index is 14.4. The van der Waals surface area contributed by atoms with Crippen molar-refractivity contribution in [3.05, 3.63) is 0 Å². The summed E-state index contributed by atoms with van der Waals surface area (Å²) in [6, 6.07) is 0. The molecule has 9 heteroatoms. The molecule has 0 bridgehead atoms. The van der Waals surface area contributed by atoms with Crippen LogP contribution in [0.5, 0.6) is 0 Å². The van der Waals surface area contributed by atoms with Crippen molar-refractivity contribution in [3.8, 4) is 0 Å². The molecule has 3 heterocycles. The molecule has 0 aromatic rings. The molecule has 4 rings (SSSR count). The zero-order valence-corrected chi connectivity index (χ0v) is 38.8. The predicted molar refractivity (Wildman–Crippen MR) is 226 cm³/mol. The number of hydrogen-bond acceptors (Lipinski definition) is 9. The Morgan fingerprint density at radius 2 is 0.661 bits per heavy atom. The Morgan fingerprint density at radius 1 is 0.429 bits per heavy atom. The molecule has 4 fully saturated rings. The number of nitrogens with zero attached hydrogens (tertiary/aromatic N) is 3. The van der Waals surface area contributed by atoms with Gasteiger partial charge in [0.2, 0.25) is 0 Å². The van der Waals surface area contributed by atoms with Gasteiger partial charge in [0.25, 0.3) is 0 Å². The molecule has 1 saturated carbocycles. The number of hydrogen-bond donors (Lipinski definition) is 0. The smallest absolute Gasteiger partial charge is 0.309 e. The van der Waals surface area contributed by atoms with Gasteiger partial charge in [-0.25, -0.2) is 0 Å². The van der Waals surface area contributed by atoms with Crippen molar-refractivity contribution in [2.45, 2.75) is 245 Å². The minimum atomic E-state index is -0.837. The number of rotatable bonds is 15. The molecule has 1 aliphatic carbocycles. The maximum Gasteiger partial charge on any atom is 0.309 e. The van der Waals surface area contributed by atoms with Gasteiger partial charge >= 0.3 is 17.9 Å². The van der Waals surface area contributed by atoms with Gasteiger partial charge in [0.05, 0.1) is 17.8 Å². The van der Waals surface area contributed by atoms with E-state index in [1.165, 1.54) is 0 Å². The standard InChI is InChI=1S/C47H85N3O6/c1-16-19-24-48-42(4,5)27-33(28-43(48,6)7)39(51)54-36-22-23-37(55-40(52)34-29-44(8,9)49(25-20-17-2)45(10,11)30-34)38(36)56-41(53)35-31-46(12,13)50(26-21-18-3)47(14,15)32-35/h33-38H,16-32H2,1-15H3. The summed E-state index contributed by atoms with van der Waals surface area (Å²) < 4.78 is 19.4. The van der Waals surface area contributed by atoms with Gasteiger partial charge in [-0.3, -0.25) is 29.1 Å². The van der Waals surface area contributed by atoms with E-state index in [0.717, 1.165) is 58.2 Å². The maximum atomic E-state index is 14.4. The lowest BCUT2D eigenvalue weighted by Gasteiger charge is -2.55. The van der Waals surface area contributed by atoms with E-state index in [1.807, 2.05) is 0 Å². The summed E-state index contributed by atoms with van der Waals surface area (Å²) in [5.41, 5.74) is -1.05. The Balaban J connectivity index is 1.56. The van der Waals surface area contributed by atoms with Crippen LogP contribution in [0.1, 0.15) is 194 Å². The number of piperidine rings is 3. The zero-order valence-electron chi connectivity index (χ0n) is 38.8. The number of unbranched alkanes of at least 4 members (excludes halogenated alkanes) is 3. The second-order valence-electron chi connectivity index (χ2n) is 22.1. The van der Waals surface area contributed by atoms with Crippen LogP contribution in [0.15, 0.2) is 0 Å². The Labute approximate surface area is 343 Å². The molecule has 324 valence electrons. The second-order valence-corrected chi connectivity index (χ2v) is 22.1. The molecule has 3 saturated heterocycles. The van der Waals surface area contributed by atoms with Crippen LogP contribution in [-0.2, 0) is 28.6 Å². The summed E-state index contributed by atoms with van der Waals surface area (Å²) in [6.45, 7) is 36.5. The van der Waals surface area contributed by atoms with Crippen molar-refractivity contribution in [1.82, 2.24) is 14.7 Å². The van der Waals surface area contributed by atoms with Crippen molar-refractivity contribution in [3.63, 3.8) is 0 Å². The predicted octanol–water partition coefficient (Wildman–Crippen LogP) is 9.72. The average Bonchev–Trinajstić information content (AvgIpc) is 3.41. The molecule has 3 aliphatic heterocycles. The van der Waals surface area contributed by atoms with Crippen LogP contribution in [0.2, 0.25) is 0 Å². The van der Waals surface area contributed by atoms with Crippen LogP contribution in [0, 0.1) is 17.8 Å². The van der Waals surface area contributed by atoms with E-state index in [1.54, 1.807) is 0 Å². The van der Waals surface area contributed by atoms with Crippen molar-refractivity contribution in [1.29, 1.82) is 0 Å². The molecular formula is C47H85N3O6. The lowest BCUT2D eigenvalue weighted by molar-refractivity contribution is -0.189. The number of carbonyl (C=O) groups is 3. The van der Waals surface area contributed by atoms with Gasteiger partial charge in [0.1, 0.15) is 12.2 Å². The second kappa shape index (κ2) is 17.9. The fourth-order valence-electron chi connectivity index (χ4n) is 12.2. The van der Waals surface area contributed by atoms with Crippen LogP contribution >= 0.6 is 0 Å². The van der Waals surface area contributed by atoms with Crippen molar-refractivity contribution < 1.29 is 28.6 Å². The molecule has 2 unspecified atom stereocenters. The number of likely N-dealkylation sites (tertiary alicyclic amines) is 3. The molecule has 0 amide bonds. The van der Waals surface area contributed by atoms with Crippen molar-refractivity contribution >= 4 is 17.9 Å². The fourth-order valence-corrected chi connectivity index (χ4v) is 12.2. The molecule has 0 aromatic carbocycles. The summed E-state index contributed by atoms with van der Waals surface area (Å²) in [5.74, 6) is -1.58. The van der Waals surface area contributed by atoms with E-state index in [0.29, 0.717) is 51.4 Å². The Kier molecular flexibility index (Phi) is 15.0. The molecule has 0 aromatic heterocycles. The van der Waals surface area contributed by atoms with Crippen molar-refractivity contribution in [2.75, 3.05) is 19.6 Å². The Hall–Kier alpha value is -1.71. The summed E-state index contributed by atoms with van der Waals surface area (Å²) >= 11 is 0. The van der Waals surface area contributed by atoms with Crippen LogP contribution < -0.4 is 0 Å². The molecule has 4 aliphatic rings. The van der Waals surface area contributed by atoms with Crippen LogP contribution in [0.4, 0.5) is 0 Å². The lowest BCUT2D eigenvalue weighted by Crippen LogP contribution is -2.62. The molecular weight excluding hydrogens is 703 g/mol. The molecule has 0 N–H and O–H groups in total. The van der Waals surface area contributed by atoms with Gasteiger partial charge in [-0.05, 0) is 173 Å². The van der Waals surface area contributed by atoms with Gasteiger partial charge in [-0.2, -0.15) is 0 Å². The summed E-state index contributed by atoms with van der Waals surface area (Å²) in [4.78, 5) is 50.5. The highest BCUT2D eigenvalue weighted by molar-refractivity contribution is 5.75. The molecule has 9 nitrogen and oxygen atoms in total. The molecule has 0 radical (unpaired) electrons. The summed E-state index contributed by atoms with van der Waals surface area (Å²) in [5, 5.41) is 0. The van der Waals surface area contributed by atoms with Gasteiger partial charge < -0.3 is 14.2 Å². The third kappa shape index (κ3) is 10.7. The minimum Gasteiger partial charge on any atom is -0.458 e. The first-order chi connectivity index (χ1) is 25.8. The Bertz CT molecular complexity index is 1230. The van der Waals surface area contributed by atoms with E-state index >= 15 is 0 Å². The van der Waals surface area contributed by atoms with E-state index in [-0.39, 0.29) is 68.9 Å². The highest BCUT2D eigenvalue weighted by Crippen LogP contribution is 2.46. The van der Waals surface area contributed by atoms with Gasteiger partial charge in [0.15, 0.2) is 6.10 Å². The third-order valence-electron chi connectivity index (χ3n) is 14.3. The first-order valence-corrected chi connectivity index (χ1v) is 22.8. The summed E-state index contributed by atoms with van der Waals surface area (Å²) in [6.07, 6.45) is 9.73. The largest absolute Gasteiger partial charge is 0.458 e. The first kappa shape index (κ1) is 47.0. The monoisotopic (exact) mass is 788 g/mol. The molecule has 0 spiro atoms. The third-order valence-corrected chi connectivity index (χ3v) is 14.3. The average molecular weight is 788 g/mol. The Morgan fingerprint density at radius 3 is 0.893 bits per heavy atom. The minimum absolute atomic E-state index is 0.167. The fraction of sp³-hybridized carbons (Fsp3) is 0.936. The number of carbonyl (C=O) groups excluding carboxylic acids is 3. The number of ether oxygens (including phenoxy) is 3. The highest BCUT2D eigenvalue weighted by atomic mass is 16.6. The van der Waals surface area contributed by atoms with Gasteiger partial charge in [0, 0.05) is 33.2 Å². The van der Waals surface area contributed by atoms with Crippen LogP contribution in [0.25, 0.3) is 0 Å². The molecule has 2 atom stereocenters. The molecule has 56 heavy (non-hydrogen) atoms. The van der Waals surface area contributed by atoms with E-state index < -0.39 is 18.3 Å². The van der Waals surface area contributed by atoms with Crippen LogP contribution in [-0.4, -0.2) is 104 Å². The lowest BCUT2D eigenvalue weighted by atomic mass is 9.73. The first-order valence-electron chi connectivity index (χ1n) is 22.8. The summed E-state index contributed by atoms with van der Waals surface area (Å²) in [7, 11) is 0. The quantitative estimate of drug-likeness (QED) is 0.119. The van der Waals surface area contributed by atoms with E-state index in [4.69, 9.17) is 14.2 Å². The van der Waals surface area contributed by atoms with Crippen LogP contribution in [0.3, 0.4) is 0 Å². The topological polar surface area (TPSA) is 88.6 Å². The number of esters is 3. The highest BCUT2D eigenvalue weighted by Gasteiger charge is 2.53. The van der Waals surface area contributed by atoms with Crippen molar-refractivity contribution in [2.24, 2.45) is 17.8 Å². The van der Waals surface area contributed by atoms with Gasteiger partial charge in [-0.15, -0.1) is 0 Å². The zero-order chi connectivity index (χ0) is 42.1. The van der Waals surface area contributed by atoms with E-state index in [2.05, 4.69) is 119 Å².